The van der Waals surface area contributed by atoms with E-state index in [-0.39, 0.29) is 12.7 Å². The first kappa shape index (κ1) is 17.5. The monoisotopic (exact) mass is 355 g/mol. The number of ether oxygens (including phenoxy) is 2. The van der Waals surface area contributed by atoms with E-state index in [4.69, 9.17) is 13.7 Å². The van der Waals surface area contributed by atoms with Gasteiger partial charge in [0.25, 0.3) is 10.1 Å². The van der Waals surface area contributed by atoms with Crippen LogP contribution in [-0.4, -0.2) is 52.0 Å². The van der Waals surface area contributed by atoms with Crippen molar-refractivity contribution in [1.29, 1.82) is 0 Å². The molecule has 134 valence electrons. The third-order valence-electron chi connectivity index (χ3n) is 4.35. The van der Waals surface area contributed by atoms with Crippen molar-refractivity contribution in [3.63, 3.8) is 0 Å². The van der Waals surface area contributed by atoms with Crippen LogP contribution in [0.2, 0.25) is 0 Å². The summed E-state index contributed by atoms with van der Waals surface area (Å²) in [5, 5.41) is 0. The fourth-order valence-corrected chi connectivity index (χ4v) is 3.56. The Morgan fingerprint density at radius 3 is 2.79 bits per heavy atom. The maximum atomic E-state index is 11.0. The van der Waals surface area contributed by atoms with Gasteiger partial charge in [-0.15, -0.1) is 0 Å². The molecule has 24 heavy (non-hydrogen) atoms. The van der Waals surface area contributed by atoms with Crippen LogP contribution in [0.25, 0.3) is 0 Å². The van der Waals surface area contributed by atoms with Crippen LogP contribution in [0.3, 0.4) is 0 Å². The number of hydrogen-bond donors (Lipinski definition) is 0. The van der Waals surface area contributed by atoms with Gasteiger partial charge >= 0.3 is 0 Å². The number of rotatable bonds is 6. The van der Waals surface area contributed by atoms with Crippen LogP contribution in [-0.2, 0) is 20.8 Å². The topological polar surface area (TPSA) is 65.1 Å². The van der Waals surface area contributed by atoms with Crippen molar-refractivity contribution in [2.45, 2.75) is 38.3 Å². The number of benzene rings is 1. The Bertz CT molecular complexity index is 655. The summed E-state index contributed by atoms with van der Waals surface area (Å²) in [6.07, 6.45) is 5.17. The van der Waals surface area contributed by atoms with Gasteiger partial charge in [0.2, 0.25) is 0 Å². The lowest BCUT2D eigenvalue weighted by Gasteiger charge is -2.30. The Morgan fingerprint density at radius 1 is 1.25 bits per heavy atom. The number of likely N-dealkylation sites (tertiary alicyclic amines) is 1. The SMILES string of the molecule is CS(=O)(=O)OCCC1COc2c(CN3CCCCC3)cccc2O1. The van der Waals surface area contributed by atoms with E-state index in [9.17, 15) is 8.42 Å². The van der Waals surface area contributed by atoms with Gasteiger partial charge in [0.15, 0.2) is 11.5 Å². The molecule has 0 radical (unpaired) electrons. The molecule has 1 aromatic carbocycles. The van der Waals surface area contributed by atoms with E-state index in [0.717, 1.165) is 43.0 Å². The van der Waals surface area contributed by atoms with Crippen LogP contribution in [0, 0.1) is 0 Å². The Balaban J connectivity index is 1.59. The van der Waals surface area contributed by atoms with E-state index < -0.39 is 10.1 Å². The second kappa shape index (κ2) is 7.72. The van der Waals surface area contributed by atoms with Gasteiger partial charge in [-0.25, -0.2) is 0 Å². The summed E-state index contributed by atoms with van der Waals surface area (Å²) in [4.78, 5) is 2.45. The zero-order valence-electron chi connectivity index (χ0n) is 14.1. The number of fused-ring (bicyclic) bond motifs is 1. The standard InChI is InChI=1S/C17H25NO5S/c1-24(19,20)22-11-8-15-13-21-17-14(6-5-7-16(17)23-15)12-18-9-3-2-4-10-18/h5-7,15H,2-4,8-13H2,1H3. The minimum atomic E-state index is -3.41. The maximum Gasteiger partial charge on any atom is 0.264 e. The molecule has 1 fully saturated rings. The number of nitrogens with zero attached hydrogens (tertiary/aromatic N) is 1. The van der Waals surface area contributed by atoms with Crippen LogP contribution in [0.4, 0.5) is 0 Å². The second-order valence-electron chi connectivity index (χ2n) is 6.45. The van der Waals surface area contributed by atoms with Gasteiger partial charge in [0.1, 0.15) is 12.7 Å². The van der Waals surface area contributed by atoms with Crippen molar-refractivity contribution in [3.8, 4) is 11.5 Å². The lowest BCUT2D eigenvalue weighted by Crippen LogP contribution is -2.32. The molecule has 1 unspecified atom stereocenters. The summed E-state index contributed by atoms with van der Waals surface area (Å²) in [6, 6.07) is 5.97. The molecule has 0 aliphatic carbocycles. The first-order chi connectivity index (χ1) is 11.5. The molecular weight excluding hydrogens is 330 g/mol. The Hall–Kier alpha value is -1.31. The number of hydrogen-bond acceptors (Lipinski definition) is 6. The van der Waals surface area contributed by atoms with Gasteiger partial charge in [0, 0.05) is 18.5 Å². The zero-order valence-corrected chi connectivity index (χ0v) is 14.9. The van der Waals surface area contributed by atoms with Crippen LogP contribution in [0.5, 0.6) is 11.5 Å². The lowest BCUT2D eigenvalue weighted by molar-refractivity contribution is 0.0723. The lowest BCUT2D eigenvalue weighted by atomic mass is 10.1. The minimum Gasteiger partial charge on any atom is -0.485 e. The van der Waals surface area contributed by atoms with E-state index in [1.807, 2.05) is 12.1 Å². The average molecular weight is 355 g/mol. The largest absolute Gasteiger partial charge is 0.485 e. The highest BCUT2D eigenvalue weighted by atomic mass is 32.2. The first-order valence-electron chi connectivity index (χ1n) is 8.49. The van der Waals surface area contributed by atoms with E-state index in [1.165, 1.54) is 19.3 Å². The fraction of sp³-hybridized carbons (Fsp3) is 0.647. The van der Waals surface area contributed by atoms with Crippen LogP contribution in [0.15, 0.2) is 18.2 Å². The van der Waals surface area contributed by atoms with Gasteiger partial charge in [0.05, 0.1) is 12.9 Å². The van der Waals surface area contributed by atoms with Crippen LogP contribution < -0.4 is 9.47 Å². The molecule has 0 amide bonds. The van der Waals surface area contributed by atoms with Crippen molar-refractivity contribution in [3.05, 3.63) is 23.8 Å². The summed E-state index contributed by atoms with van der Waals surface area (Å²) >= 11 is 0. The van der Waals surface area contributed by atoms with Crippen molar-refractivity contribution >= 4 is 10.1 Å². The molecule has 0 saturated carbocycles. The summed E-state index contributed by atoms with van der Waals surface area (Å²) in [5.41, 5.74) is 1.15. The molecule has 1 saturated heterocycles. The zero-order chi connectivity index (χ0) is 17.0. The van der Waals surface area contributed by atoms with E-state index in [0.29, 0.717) is 13.0 Å². The third kappa shape index (κ3) is 4.84. The quantitative estimate of drug-likeness (QED) is 0.729. The fourth-order valence-electron chi connectivity index (χ4n) is 3.16. The summed E-state index contributed by atoms with van der Waals surface area (Å²) < 4.78 is 38.7. The van der Waals surface area contributed by atoms with Crippen molar-refractivity contribution in [1.82, 2.24) is 4.90 Å². The molecule has 6 nitrogen and oxygen atoms in total. The van der Waals surface area contributed by atoms with Gasteiger partial charge in [-0.1, -0.05) is 18.6 Å². The molecule has 0 N–H and O–H groups in total. The molecule has 2 aliphatic rings. The van der Waals surface area contributed by atoms with Crippen molar-refractivity contribution in [2.75, 3.05) is 32.6 Å². The van der Waals surface area contributed by atoms with Gasteiger partial charge in [-0.2, -0.15) is 8.42 Å². The normalized spacial score (nSPS) is 21.6. The predicted molar refractivity (Wildman–Crippen MR) is 90.9 cm³/mol. The highest BCUT2D eigenvalue weighted by Crippen LogP contribution is 2.36. The van der Waals surface area contributed by atoms with Gasteiger partial charge in [-0.3, -0.25) is 9.08 Å². The molecule has 1 aromatic rings. The molecule has 2 heterocycles. The van der Waals surface area contributed by atoms with E-state index >= 15 is 0 Å². The molecule has 7 heteroatoms. The van der Waals surface area contributed by atoms with Crippen molar-refractivity contribution < 1.29 is 22.1 Å². The Labute approximate surface area is 143 Å². The van der Waals surface area contributed by atoms with E-state index in [2.05, 4.69) is 11.0 Å². The summed E-state index contributed by atoms with van der Waals surface area (Å²) in [7, 11) is -3.41. The van der Waals surface area contributed by atoms with Crippen LogP contribution in [0.1, 0.15) is 31.2 Å². The first-order valence-corrected chi connectivity index (χ1v) is 10.3. The smallest absolute Gasteiger partial charge is 0.264 e. The number of piperidine rings is 1. The molecule has 0 aromatic heterocycles. The Morgan fingerprint density at radius 2 is 2.04 bits per heavy atom. The molecular formula is C17H25NO5S. The molecule has 0 bridgehead atoms. The van der Waals surface area contributed by atoms with Crippen LogP contribution >= 0.6 is 0 Å². The maximum absolute atomic E-state index is 11.0. The van der Waals surface area contributed by atoms with Gasteiger partial charge in [-0.05, 0) is 32.0 Å². The highest BCUT2D eigenvalue weighted by molar-refractivity contribution is 7.85. The summed E-state index contributed by atoms with van der Waals surface area (Å²) in [5.74, 6) is 1.56. The molecule has 3 rings (SSSR count). The van der Waals surface area contributed by atoms with Gasteiger partial charge < -0.3 is 9.47 Å². The predicted octanol–water partition coefficient (Wildman–Crippen LogP) is 2.18. The highest BCUT2D eigenvalue weighted by Gasteiger charge is 2.24. The average Bonchev–Trinajstić information content (AvgIpc) is 2.55. The Kier molecular flexibility index (Phi) is 5.63. The minimum absolute atomic E-state index is 0.107. The van der Waals surface area contributed by atoms with Crippen molar-refractivity contribution in [2.24, 2.45) is 0 Å². The molecule has 1 atom stereocenters. The third-order valence-corrected chi connectivity index (χ3v) is 4.94. The summed E-state index contributed by atoms with van der Waals surface area (Å²) in [6.45, 7) is 3.67. The second-order valence-corrected chi connectivity index (χ2v) is 8.09. The van der Waals surface area contributed by atoms with E-state index in [1.54, 1.807) is 0 Å². The number of para-hydroxylation sites is 1. The molecule has 2 aliphatic heterocycles. The molecule has 0 spiro atoms.